The Morgan fingerprint density at radius 2 is 2.05 bits per heavy atom. The molecule has 1 aromatic carbocycles. The molecule has 4 nitrogen and oxygen atoms in total. The lowest BCUT2D eigenvalue weighted by atomic mass is 9.91. The van der Waals surface area contributed by atoms with Crippen molar-refractivity contribution in [2.75, 3.05) is 6.61 Å². The molecule has 2 N–H and O–H groups in total. The summed E-state index contributed by atoms with van der Waals surface area (Å²) < 4.78 is 5.19. The summed E-state index contributed by atoms with van der Waals surface area (Å²) in [5.41, 5.74) is 4.61. The van der Waals surface area contributed by atoms with E-state index >= 15 is 0 Å². The van der Waals surface area contributed by atoms with Crippen LogP contribution in [0, 0.1) is 13.8 Å². The summed E-state index contributed by atoms with van der Waals surface area (Å²) in [5, 5.41) is 6.70. The number of nitrogens with one attached hydrogen (secondary N) is 2. The number of hydrogen-bond donors (Lipinski definition) is 2. The van der Waals surface area contributed by atoms with Crippen LogP contribution in [0.3, 0.4) is 0 Å². The molecule has 1 aromatic rings. The minimum atomic E-state index is -0.316. The number of ether oxygens (including phenoxy) is 1. The Bertz CT molecular complexity index is 623. The van der Waals surface area contributed by atoms with Gasteiger partial charge in [0.15, 0.2) is 5.11 Å². The summed E-state index contributed by atoms with van der Waals surface area (Å²) in [6, 6.07) is 5.90. The number of aryl methyl sites for hydroxylation is 2. The van der Waals surface area contributed by atoms with E-state index in [-0.39, 0.29) is 12.0 Å². The number of carbonyl (C=O) groups excluding carboxylic acids is 1. The monoisotopic (exact) mass is 304 g/mol. The highest BCUT2D eigenvalue weighted by molar-refractivity contribution is 7.80. The minimum absolute atomic E-state index is 0.280. The molecule has 0 fully saturated rings. The van der Waals surface area contributed by atoms with Gasteiger partial charge >= 0.3 is 5.97 Å². The second-order valence-electron chi connectivity index (χ2n) is 5.15. The lowest BCUT2D eigenvalue weighted by Crippen LogP contribution is -2.45. The van der Waals surface area contributed by atoms with E-state index in [4.69, 9.17) is 17.0 Å². The van der Waals surface area contributed by atoms with Crippen molar-refractivity contribution in [2.45, 2.75) is 33.7 Å². The molecule has 0 bridgehead atoms. The zero-order chi connectivity index (χ0) is 15.6. The van der Waals surface area contributed by atoms with Crippen LogP contribution in [-0.4, -0.2) is 17.7 Å². The smallest absolute Gasteiger partial charge is 0.338 e. The van der Waals surface area contributed by atoms with Crippen molar-refractivity contribution in [3.05, 3.63) is 46.2 Å². The van der Waals surface area contributed by atoms with Crippen LogP contribution in [0.2, 0.25) is 0 Å². The van der Waals surface area contributed by atoms with Crippen LogP contribution < -0.4 is 10.6 Å². The van der Waals surface area contributed by atoms with Gasteiger partial charge in [-0.3, -0.25) is 0 Å². The molecule has 1 aliphatic rings. The molecule has 1 aliphatic heterocycles. The fourth-order valence-electron chi connectivity index (χ4n) is 2.48. The van der Waals surface area contributed by atoms with Crippen LogP contribution in [0.15, 0.2) is 29.5 Å². The predicted octanol–water partition coefficient (Wildman–Crippen LogP) is 2.66. The van der Waals surface area contributed by atoms with Crippen molar-refractivity contribution >= 4 is 23.3 Å². The van der Waals surface area contributed by atoms with E-state index in [1.54, 1.807) is 6.92 Å². The molecular formula is C16H20N2O2S. The summed E-state index contributed by atoms with van der Waals surface area (Å²) in [5.74, 6) is -0.316. The van der Waals surface area contributed by atoms with Crippen LogP contribution in [0.1, 0.15) is 36.6 Å². The average Bonchev–Trinajstić information content (AvgIpc) is 2.40. The second-order valence-corrected chi connectivity index (χ2v) is 5.56. The summed E-state index contributed by atoms with van der Waals surface area (Å²) in [7, 11) is 0. The van der Waals surface area contributed by atoms with Gasteiger partial charge in [-0.15, -0.1) is 0 Å². The first-order chi connectivity index (χ1) is 9.93. The van der Waals surface area contributed by atoms with Gasteiger partial charge in [0, 0.05) is 5.70 Å². The van der Waals surface area contributed by atoms with Gasteiger partial charge in [0.2, 0.25) is 0 Å². The molecule has 0 aliphatic carbocycles. The summed E-state index contributed by atoms with van der Waals surface area (Å²) in [6.45, 7) is 8.05. The Hall–Kier alpha value is -1.88. The van der Waals surface area contributed by atoms with Crippen LogP contribution in [-0.2, 0) is 9.53 Å². The number of rotatable bonds is 3. The quantitative estimate of drug-likeness (QED) is 0.664. The molecular weight excluding hydrogens is 284 g/mol. The Morgan fingerprint density at radius 1 is 1.33 bits per heavy atom. The number of benzene rings is 1. The molecule has 21 heavy (non-hydrogen) atoms. The molecule has 0 radical (unpaired) electrons. The topological polar surface area (TPSA) is 50.4 Å². The molecule has 0 aromatic heterocycles. The average molecular weight is 304 g/mol. The fraction of sp³-hybridized carbons (Fsp3) is 0.375. The standard InChI is InChI=1S/C16H20N2O2S/c1-5-20-15(19)13-11(4)17-16(21)18-14(13)12-8-9(2)6-7-10(12)3/h6-8,14H,5H2,1-4H3,(H2,17,18,21). The Labute approximate surface area is 130 Å². The molecule has 1 unspecified atom stereocenters. The van der Waals surface area contributed by atoms with Gasteiger partial charge in [-0.05, 0) is 51.0 Å². The summed E-state index contributed by atoms with van der Waals surface area (Å²) >= 11 is 5.23. The van der Waals surface area contributed by atoms with Crippen molar-refractivity contribution in [3.8, 4) is 0 Å². The van der Waals surface area contributed by atoms with Gasteiger partial charge < -0.3 is 15.4 Å². The zero-order valence-corrected chi connectivity index (χ0v) is 13.6. The zero-order valence-electron chi connectivity index (χ0n) is 12.7. The largest absolute Gasteiger partial charge is 0.463 e. The van der Waals surface area contributed by atoms with E-state index in [1.807, 2.05) is 20.8 Å². The van der Waals surface area contributed by atoms with Crippen LogP contribution in [0.25, 0.3) is 0 Å². The third-order valence-electron chi connectivity index (χ3n) is 3.51. The third kappa shape index (κ3) is 3.24. The second kappa shape index (κ2) is 6.26. The van der Waals surface area contributed by atoms with Crippen LogP contribution in [0.4, 0.5) is 0 Å². The first-order valence-corrected chi connectivity index (χ1v) is 7.37. The highest BCUT2D eigenvalue weighted by Gasteiger charge is 2.31. The number of hydrogen-bond acceptors (Lipinski definition) is 3. The SMILES string of the molecule is CCOC(=O)C1=C(C)NC(=S)NC1c1cc(C)ccc1C. The minimum Gasteiger partial charge on any atom is -0.463 e. The van der Waals surface area contributed by atoms with E-state index < -0.39 is 0 Å². The van der Waals surface area contributed by atoms with Crippen molar-refractivity contribution in [1.82, 2.24) is 10.6 Å². The van der Waals surface area contributed by atoms with E-state index in [0.29, 0.717) is 17.3 Å². The molecule has 0 spiro atoms. The summed E-state index contributed by atoms with van der Waals surface area (Å²) in [6.07, 6.45) is 0. The van der Waals surface area contributed by atoms with Gasteiger partial charge in [-0.2, -0.15) is 0 Å². The van der Waals surface area contributed by atoms with Crippen molar-refractivity contribution < 1.29 is 9.53 Å². The molecule has 1 atom stereocenters. The molecule has 1 heterocycles. The third-order valence-corrected chi connectivity index (χ3v) is 3.73. The number of thiocarbonyl (C=S) groups is 1. The van der Waals surface area contributed by atoms with E-state index in [0.717, 1.165) is 22.4 Å². The molecule has 2 rings (SSSR count). The van der Waals surface area contributed by atoms with Crippen molar-refractivity contribution in [3.63, 3.8) is 0 Å². The van der Waals surface area contributed by atoms with Gasteiger partial charge in [0.05, 0.1) is 18.2 Å². The summed E-state index contributed by atoms with van der Waals surface area (Å²) in [4.78, 5) is 12.3. The Kier molecular flexibility index (Phi) is 4.63. The highest BCUT2D eigenvalue weighted by Crippen LogP contribution is 2.30. The Balaban J connectivity index is 2.52. The molecule has 112 valence electrons. The van der Waals surface area contributed by atoms with E-state index in [1.165, 1.54) is 0 Å². The Morgan fingerprint density at radius 3 is 2.71 bits per heavy atom. The maximum absolute atomic E-state index is 12.3. The van der Waals surface area contributed by atoms with Crippen molar-refractivity contribution in [2.24, 2.45) is 0 Å². The first kappa shape index (κ1) is 15.5. The van der Waals surface area contributed by atoms with Crippen molar-refractivity contribution in [1.29, 1.82) is 0 Å². The highest BCUT2D eigenvalue weighted by atomic mass is 32.1. The van der Waals surface area contributed by atoms with Gasteiger partial charge in [-0.1, -0.05) is 23.8 Å². The number of carbonyl (C=O) groups is 1. The molecule has 0 saturated carbocycles. The van der Waals surface area contributed by atoms with Gasteiger partial charge in [0.1, 0.15) is 0 Å². The fourth-order valence-corrected chi connectivity index (χ4v) is 2.75. The molecule has 0 amide bonds. The van der Waals surface area contributed by atoms with Gasteiger partial charge in [-0.25, -0.2) is 4.79 Å². The lowest BCUT2D eigenvalue weighted by Gasteiger charge is -2.30. The van der Waals surface area contributed by atoms with Crippen LogP contribution in [0.5, 0.6) is 0 Å². The maximum Gasteiger partial charge on any atom is 0.338 e. The molecule has 0 saturated heterocycles. The first-order valence-electron chi connectivity index (χ1n) is 6.96. The number of allylic oxidation sites excluding steroid dienone is 1. The van der Waals surface area contributed by atoms with Crippen LogP contribution >= 0.6 is 12.2 Å². The van der Waals surface area contributed by atoms with E-state index in [2.05, 4.69) is 28.8 Å². The number of esters is 1. The molecule has 5 heteroatoms. The normalized spacial score (nSPS) is 18.1. The maximum atomic E-state index is 12.3. The van der Waals surface area contributed by atoms with Gasteiger partial charge in [0.25, 0.3) is 0 Å². The predicted molar refractivity (Wildman–Crippen MR) is 86.9 cm³/mol. The van der Waals surface area contributed by atoms with E-state index in [9.17, 15) is 4.79 Å². The lowest BCUT2D eigenvalue weighted by molar-refractivity contribution is -0.139.